The Morgan fingerprint density at radius 1 is 0.719 bits per heavy atom. The number of hydrogen-bond acceptors (Lipinski definition) is 0. The quantitative estimate of drug-likeness (QED) is 0.372. The van der Waals surface area contributed by atoms with E-state index in [0.717, 1.165) is 28.9 Å². The highest BCUT2D eigenvalue weighted by Gasteiger charge is 2.25. The van der Waals surface area contributed by atoms with E-state index in [1.807, 2.05) is 6.07 Å². The molecule has 0 amide bonds. The van der Waals surface area contributed by atoms with E-state index in [1.165, 1.54) is 95.1 Å². The molecule has 0 radical (unpaired) electrons. The predicted octanol–water partition coefficient (Wildman–Crippen LogP) is 10.2. The third-order valence-electron chi connectivity index (χ3n) is 8.40. The molecule has 2 aromatic carbocycles. The van der Waals surface area contributed by atoms with Gasteiger partial charge in [0, 0.05) is 0 Å². The lowest BCUT2D eigenvalue weighted by atomic mass is 9.74. The van der Waals surface area contributed by atoms with Gasteiger partial charge in [0.1, 0.15) is 5.82 Å². The van der Waals surface area contributed by atoms with Gasteiger partial charge in [0.05, 0.1) is 5.02 Å². The molecule has 2 saturated carbocycles. The second-order valence-electron chi connectivity index (χ2n) is 10.6. The van der Waals surface area contributed by atoms with E-state index < -0.39 is 0 Å². The summed E-state index contributed by atoms with van der Waals surface area (Å²) < 4.78 is 13.8. The van der Waals surface area contributed by atoms with Crippen LogP contribution >= 0.6 is 11.6 Å². The molecule has 0 spiro atoms. The number of benzene rings is 2. The fourth-order valence-electron chi connectivity index (χ4n) is 6.18. The van der Waals surface area contributed by atoms with E-state index >= 15 is 0 Å². The molecule has 0 unspecified atom stereocenters. The SMILES string of the molecule is CCCC[C@H]1CC[C@H](CCC2CCC(c3ccc(-c4ccc(Cl)c(F)c4)cc3)CC2)CC1. The normalized spacial score (nSPS) is 26.2. The van der Waals surface area contributed by atoms with Crippen LogP contribution in [0.1, 0.15) is 102 Å². The minimum absolute atomic E-state index is 0.182. The van der Waals surface area contributed by atoms with E-state index in [2.05, 4.69) is 31.2 Å². The largest absolute Gasteiger partial charge is 0.205 e. The molecule has 0 aliphatic heterocycles. The van der Waals surface area contributed by atoms with Gasteiger partial charge in [-0.05, 0) is 78.2 Å². The second-order valence-corrected chi connectivity index (χ2v) is 11.0. The van der Waals surface area contributed by atoms with E-state index in [4.69, 9.17) is 11.6 Å². The summed E-state index contributed by atoms with van der Waals surface area (Å²) >= 11 is 5.82. The minimum Gasteiger partial charge on any atom is -0.205 e. The van der Waals surface area contributed by atoms with E-state index in [0.29, 0.717) is 5.92 Å². The highest BCUT2D eigenvalue weighted by atomic mass is 35.5. The van der Waals surface area contributed by atoms with Crippen LogP contribution in [0.4, 0.5) is 4.39 Å². The van der Waals surface area contributed by atoms with Gasteiger partial charge in [-0.1, -0.05) is 107 Å². The Hall–Kier alpha value is -1.34. The Balaban J connectivity index is 1.20. The second kappa shape index (κ2) is 11.7. The van der Waals surface area contributed by atoms with Crippen LogP contribution in [0.3, 0.4) is 0 Å². The molecular weight excluding hydrogens is 415 g/mol. The van der Waals surface area contributed by atoms with Gasteiger partial charge >= 0.3 is 0 Å². The van der Waals surface area contributed by atoms with Crippen molar-refractivity contribution in [2.45, 2.75) is 96.3 Å². The molecule has 32 heavy (non-hydrogen) atoms. The summed E-state index contributed by atoms with van der Waals surface area (Å²) in [6, 6.07) is 13.8. The highest BCUT2D eigenvalue weighted by Crippen LogP contribution is 2.40. The minimum atomic E-state index is -0.351. The molecular formula is C30H40ClF. The van der Waals surface area contributed by atoms with Crippen LogP contribution in [0.25, 0.3) is 11.1 Å². The molecule has 2 aliphatic carbocycles. The summed E-state index contributed by atoms with van der Waals surface area (Å²) in [5.41, 5.74) is 3.40. The Labute approximate surface area is 200 Å². The van der Waals surface area contributed by atoms with Gasteiger partial charge in [-0.25, -0.2) is 4.39 Å². The average Bonchev–Trinajstić information content (AvgIpc) is 2.84. The van der Waals surface area contributed by atoms with E-state index in [9.17, 15) is 4.39 Å². The van der Waals surface area contributed by atoms with Gasteiger partial charge in [-0.2, -0.15) is 0 Å². The summed E-state index contributed by atoms with van der Waals surface area (Å²) in [7, 11) is 0. The molecule has 0 N–H and O–H groups in total. The lowest BCUT2D eigenvalue weighted by molar-refractivity contribution is 0.222. The van der Waals surface area contributed by atoms with Crippen molar-refractivity contribution in [3.05, 3.63) is 58.9 Å². The smallest absolute Gasteiger partial charge is 0.142 e. The van der Waals surface area contributed by atoms with Crippen LogP contribution in [0.15, 0.2) is 42.5 Å². The van der Waals surface area contributed by atoms with Crippen molar-refractivity contribution in [2.75, 3.05) is 0 Å². The monoisotopic (exact) mass is 454 g/mol. The van der Waals surface area contributed by atoms with Crippen LogP contribution in [0.5, 0.6) is 0 Å². The lowest BCUT2D eigenvalue weighted by Crippen LogP contribution is -2.17. The molecule has 0 nitrogen and oxygen atoms in total. The summed E-state index contributed by atoms with van der Waals surface area (Å²) in [5, 5.41) is 0.182. The summed E-state index contributed by atoms with van der Waals surface area (Å²) in [5.74, 6) is 3.33. The third kappa shape index (κ3) is 6.37. The molecule has 2 fully saturated rings. The van der Waals surface area contributed by atoms with Crippen molar-refractivity contribution in [1.82, 2.24) is 0 Å². The third-order valence-corrected chi connectivity index (χ3v) is 8.70. The van der Waals surface area contributed by atoms with Crippen molar-refractivity contribution in [3.8, 4) is 11.1 Å². The number of halogens is 2. The van der Waals surface area contributed by atoms with Gasteiger partial charge in [0.25, 0.3) is 0 Å². The zero-order chi connectivity index (χ0) is 22.3. The number of hydrogen-bond donors (Lipinski definition) is 0. The van der Waals surface area contributed by atoms with Gasteiger partial charge in [-0.3, -0.25) is 0 Å². The highest BCUT2D eigenvalue weighted by molar-refractivity contribution is 6.30. The van der Waals surface area contributed by atoms with Crippen LogP contribution in [0, 0.1) is 23.6 Å². The first kappa shape index (κ1) is 23.8. The van der Waals surface area contributed by atoms with Crippen LogP contribution in [-0.2, 0) is 0 Å². The first-order valence-corrected chi connectivity index (χ1v) is 13.6. The number of unbranched alkanes of at least 4 members (excludes halogenated alkanes) is 1. The molecule has 2 aromatic rings. The Bertz CT molecular complexity index is 826. The van der Waals surface area contributed by atoms with E-state index in [-0.39, 0.29) is 10.8 Å². The molecule has 0 heterocycles. The van der Waals surface area contributed by atoms with Gasteiger partial charge < -0.3 is 0 Å². The Morgan fingerprint density at radius 2 is 1.25 bits per heavy atom. The van der Waals surface area contributed by atoms with Crippen LogP contribution in [-0.4, -0.2) is 0 Å². The number of rotatable bonds is 8. The zero-order valence-electron chi connectivity index (χ0n) is 19.8. The summed E-state index contributed by atoms with van der Waals surface area (Å²) in [4.78, 5) is 0. The molecule has 2 aliphatic rings. The van der Waals surface area contributed by atoms with Gasteiger partial charge in [0.15, 0.2) is 0 Å². The van der Waals surface area contributed by atoms with Gasteiger partial charge in [-0.15, -0.1) is 0 Å². The molecule has 4 rings (SSSR count). The first-order chi connectivity index (χ1) is 15.6. The van der Waals surface area contributed by atoms with Crippen molar-refractivity contribution < 1.29 is 4.39 Å². The standard InChI is InChI=1S/C30H40ClF/c1-2-3-4-22-5-7-23(8-6-22)9-10-24-11-13-25(14-12-24)26-15-17-27(18-16-26)28-19-20-29(31)30(32)21-28/h15-25H,2-14H2,1H3/t22-,23-,24?,25?. The van der Waals surface area contributed by atoms with Crippen molar-refractivity contribution >= 4 is 11.6 Å². The molecule has 0 aromatic heterocycles. The van der Waals surface area contributed by atoms with Crippen LogP contribution < -0.4 is 0 Å². The van der Waals surface area contributed by atoms with Gasteiger partial charge in [0.2, 0.25) is 0 Å². The fraction of sp³-hybridized carbons (Fsp3) is 0.600. The maximum absolute atomic E-state index is 13.8. The molecule has 0 bridgehead atoms. The lowest BCUT2D eigenvalue weighted by Gasteiger charge is -2.32. The predicted molar refractivity (Wildman–Crippen MR) is 136 cm³/mol. The zero-order valence-corrected chi connectivity index (χ0v) is 20.6. The maximum Gasteiger partial charge on any atom is 0.142 e. The van der Waals surface area contributed by atoms with Crippen LogP contribution in [0.2, 0.25) is 5.02 Å². The molecule has 0 atom stereocenters. The molecule has 174 valence electrons. The van der Waals surface area contributed by atoms with Crippen molar-refractivity contribution in [1.29, 1.82) is 0 Å². The average molecular weight is 455 g/mol. The van der Waals surface area contributed by atoms with Crippen molar-refractivity contribution in [3.63, 3.8) is 0 Å². The first-order valence-electron chi connectivity index (χ1n) is 13.2. The maximum atomic E-state index is 13.8. The van der Waals surface area contributed by atoms with Crippen molar-refractivity contribution in [2.24, 2.45) is 17.8 Å². The molecule has 0 saturated heterocycles. The summed E-state index contributed by atoms with van der Waals surface area (Å²) in [6.45, 7) is 2.32. The molecule has 2 heteroatoms. The topological polar surface area (TPSA) is 0 Å². The van der Waals surface area contributed by atoms with E-state index in [1.54, 1.807) is 6.07 Å². The summed E-state index contributed by atoms with van der Waals surface area (Å²) in [6.07, 6.45) is 18.6. The Kier molecular flexibility index (Phi) is 8.69. The fourth-order valence-corrected chi connectivity index (χ4v) is 6.30. The Morgan fingerprint density at radius 3 is 1.81 bits per heavy atom.